The molecule has 0 spiro atoms. The largest absolute Gasteiger partial charge is 0.450 e. The number of hydrogen-bond acceptors (Lipinski definition) is 4. The molecule has 1 rings (SSSR count). The van der Waals surface area contributed by atoms with Crippen molar-refractivity contribution in [3.8, 4) is 0 Å². The molecule has 200 valence electrons. The predicted molar refractivity (Wildman–Crippen MR) is 140 cm³/mol. The maximum absolute atomic E-state index is 12.2. The van der Waals surface area contributed by atoms with Crippen LogP contribution in [0.2, 0.25) is 0 Å². The molecule has 1 saturated carbocycles. The lowest BCUT2D eigenvalue weighted by atomic mass is 9.90. The Balaban J connectivity index is 2.10. The number of nitrogens with one attached hydrogen (secondary N) is 2. The lowest BCUT2D eigenvalue weighted by Gasteiger charge is -2.32. The Morgan fingerprint density at radius 2 is 0.882 bits per heavy atom. The Morgan fingerprint density at radius 1 is 0.559 bits per heavy atom. The Labute approximate surface area is 209 Å². The van der Waals surface area contributed by atoms with E-state index in [1.165, 1.54) is 77.0 Å². The topological polar surface area (TPSA) is 76.7 Å². The van der Waals surface area contributed by atoms with E-state index in [9.17, 15) is 9.59 Å². The van der Waals surface area contributed by atoms with Crippen molar-refractivity contribution in [2.24, 2.45) is 0 Å². The van der Waals surface area contributed by atoms with Gasteiger partial charge in [0, 0.05) is 0 Å². The van der Waals surface area contributed by atoms with E-state index < -0.39 is 0 Å². The quantitative estimate of drug-likeness (QED) is 0.172. The van der Waals surface area contributed by atoms with Gasteiger partial charge in [0.25, 0.3) is 0 Å². The van der Waals surface area contributed by atoms with Gasteiger partial charge in [0.05, 0.1) is 25.3 Å². The van der Waals surface area contributed by atoms with E-state index in [0.717, 1.165) is 51.4 Å². The van der Waals surface area contributed by atoms with Gasteiger partial charge in [-0.15, -0.1) is 0 Å². The molecule has 2 N–H and O–H groups in total. The zero-order chi connectivity index (χ0) is 24.7. The maximum atomic E-state index is 12.2. The van der Waals surface area contributed by atoms with Gasteiger partial charge in [-0.25, -0.2) is 9.59 Å². The summed E-state index contributed by atoms with van der Waals surface area (Å²) in [6.07, 6.45) is 22.6. The average molecular weight is 483 g/mol. The van der Waals surface area contributed by atoms with Gasteiger partial charge in [-0.2, -0.15) is 0 Å². The molecule has 6 heteroatoms. The lowest BCUT2D eigenvalue weighted by Crippen LogP contribution is -2.53. The van der Waals surface area contributed by atoms with Gasteiger partial charge in [-0.1, -0.05) is 117 Å². The zero-order valence-electron chi connectivity index (χ0n) is 22.3. The fourth-order valence-electron chi connectivity index (χ4n) is 4.66. The first-order valence-electron chi connectivity index (χ1n) is 14.5. The molecule has 1 aliphatic carbocycles. The van der Waals surface area contributed by atoms with Crippen molar-refractivity contribution in [1.29, 1.82) is 0 Å². The standard InChI is InChI=1S/C28H54N2O4/c1-3-5-7-9-11-13-15-19-23-33-27(31)29-25-21-17-18-22-26(25)30-28(32)34-24-20-16-14-12-10-8-6-4-2/h25-26H,3-24H2,1-2H3,(H,29,31)(H,30,32). The summed E-state index contributed by atoms with van der Waals surface area (Å²) in [5.41, 5.74) is 0. The summed E-state index contributed by atoms with van der Waals surface area (Å²) in [6, 6.07) is -0.175. The third-order valence-electron chi connectivity index (χ3n) is 6.83. The number of amides is 2. The molecule has 0 aromatic rings. The highest BCUT2D eigenvalue weighted by atomic mass is 16.6. The number of ether oxygens (including phenoxy) is 2. The summed E-state index contributed by atoms with van der Waals surface area (Å²) >= 11 is 0. The minimum Gasteiger partial charge on any atom is -0.450 e. The molecular formula is C28H54N2O4. The molecule has 0 aromatic carbocycles. The molecule has 0 aromatic heterocycles. The summed E-state index contributed by atoms with van der Waals surface area (Å²) < 4.78 is 10.8. The zero-order valence-corrected chi connectivity index (χ0v) is 22.3. The lowest BCUT2D eigenvalue weighted by molar-refractivity contribution is 0.122. The molecule has 2 unspecified atom stereocenters. The summed E-state index contributed by atoms with van der Waals surface area (Å²) in [5.74, 6) is 0. The molecule has 0 heterocycles. The summed E-state index contributed by atoms with van der Waals surface area (Å²) in [4.78, 5) is 24.5. The van der Waals surface area contributed by atoms with Crippen LogP contribution >= 0.6 is 0 Å². The molecule has 1 fully saturated rings. The molecular weight excluding hydrogens is 428 g/mol. The highest BCUT2D eigenvalue weighted by Crippen LogP contribution is 2.19. The van der Waals surface area contributed by atoms with E-state index in [1.807, 2.05) is 0 Å². The molecule has 0 radical (unpaired) electrons. The second kappa shape index (κ2) is 22.0. The molecule has 0 aliphatic heterocycles. The summed E-state index contributed by atoms with van der Waals surface area (Å²) in [6.45, 7) is 5.40. The van der Waals surface area contributed by atoms with E-state index in [1.54, 1.807) is 0 Å². The first kappa shape index (κ1) is 30.6. The van der Waals surface area contributed by atoms with Crippen LogP contribution in [-0.4, -0.2) is 37.5 Å². The maximum Gasteiger partial charge on any atom is 0.407 e. The highest BCUT2D eigenvalue weighted by molar-refractivity contribution is 5.69. The molecule has 1 aliphatic rings. The van der Waals surface area contributed by atoms with Crippen LogP contribution in [0.25, 0.3) is 0 Å². The number of hydrogen-bond donors (Lipinski definition) is 2. The smallest absolute Gasteiger partial charge is 0.407 e. The van der Waals surface area contributed by atoms with E-state index in [2.05, 4.69) is 24.5 Å². The van der Waals surface area contributed by atoms with Crippen LogP contribution in [0, 0.1) is 0 Å². The number of rotatable bonds is 20. The van der Waals surface area contributed by atoms with E-state index >= 15 is 0 Å². The Morgan fingerprint density at radius 3 is 1.24 bits per heavy atom. The Bertz CT molecular complexity index is 457. The highest BCUT2D eigenvalue weighted by Gasteiger charge is 2.28. The normalized spacial score (nSPS) is 17.8. The molecule has 2 atom stereocenters. The van der Waals surface area contributed by atoms with Crippen LogP contribution in [-0.2, 0) is 9.47 Å². The van der Waals surface area contributed by atoms with Gasteiger partial charge in [-0.05, 0) is 25.7 Å². The molecule has 2 amide bonds. The van der Waals surface area contributed by atoms with Crippen molar-refractivity contribution in [2.75, 3.05) is 13.2 Å². The molecule has 34 heavy (non-hydrogen) atoms. The third kappa shape index (κ3) is 17.0. The van der Waals surface area contributed by atoms with Crippen LogP contribution in [0.1, 0.15) is 142 Å². The van der Waals surface area contributed by atoms with Crippen molar-refractivity contribution in [3.05, 3.63) is 0 Å². The summed E-state index contributed by atoms with van der Waals surface area (Å²) in [5, 5.41) is 5.95. The van der Waals surface area contributed by atoms with Gasteiger partial charge >= 0.3 is 12.2 Å². The second-order valence-electron chi connectivity index (χ2n) is 10.0. The van der Waals surface area contributed by atoms with E-state index in [0.29, 0.717) is 13.2 Å². The minimum absolute atomic E-state index is 0.0875. The number of alkyl carbamates (subject to hydrolysis) is 2. The Hall–Kier alpha value is -1.46. The van der Waals surface area contributed by atoms with Crippen LogP contribution < -0.4 is 10.6 Å². The van der Waals surface area contributed by atoms with E-state index in [4.69, 9.17) is 9.47 Å². The van der Waals surface area contributed by atoms with Gasteiger partial charge in [0.1, 0.15) is 0 Å². The van der Waals surface area contributed by atoms with Crippen LogP contribution in [0.5, 0.6) is 0 Å². The van der Waals surface area contributed by atoms with Gasteiger partial charge < -0.3 is 20.1 Å². The number of carbonyl (C=O) groups is 2. The molecule has 0 saturated heterocycles. The van der Waals surface area contributed by atoms with Crippen molar-refractivity contribution >= 4 is 12.2 Å². The number of carbonyl (C=O) groups excluding carboxylic acids is 2. The monoisotopic (exact) mass is 482 g/mol. The average Bonchev–Trinajstić information content (AvgIpc) is 2.83. The van der Waals surface area contributed by atoms with E-state index in [-0.39, 0.29) is 24.3 Å². The van der Waals surface area contributed by atoms with Crippen LogP contribution in [0.3, 0.4) is 0 Å². The molecule has 0 bridgehead atoms. The first-order valence-corrected chi connectivity index (χ1v) is 14.5. The van der Waals surface area contributed by atoms with Crippen molar-refractivity contribution in [2.45, 2.75) is 154 Å². The number of unbranched alkanes of at least 4 members (excludes halogenated alkanes) is 14. The SMILES string of the molecule is CCCCCCCCCCOC(=O)NC1CCCCC1NC(=O)OCCCCCCCCCC. The van der Waals surface area contributed by atoms with Gasteiger partial charge in [-0.3, -0.25) is 0 Å². The van der Waals surface area contributed by atoms with Crippen molar-refractivity contribution in [3.63, 3.8) is 0 Å². The second-order valence-corrected chi connectivity index (χ2v) is 10.0. The third-order valence-corrected chi connectivity index (χ3v) is 6.83. The minimum atomic E-state index is -0.367. The predicted octanol–water partition coefficient (Wildman–Crippen LogP) is 8.03. The van der Waals surface area contributed by atoms with Crippen LogP contribution in [0.4, 0.5) is 9.59 Å². The van der Waals surface area contributed by atoms with Gasteiger partial charge in [0.2, 0.25) is 0 Å². The summed E-state index contributed by atoms with van der Waals surface area (Å²) in [7, 11) is 0. The van der Waals surface area contributed by atoms with Crippen molar-refractivity contribution in [1.82, 2.24) is 10.6 Å². The fraction of sp³-hybridized carbons (Fsp3) is 0.929. The first-order chi connectivity index (χ1) is 16.7. The van der Waals surface area contributed by atoms with Crippen LogP contribution in [0.15, 0.2) is 0 Å². The van der Waals surface area contributed by atoms with Gasteiger partial charge in [0.15, 0.2) is 0 Å². The fourth-order valence-corrected chi connectivity index (χ4v) is 4.66. The van der Waals surface area contributed by atoms with Crippen molar-refractivity contribution < 1.29 is 19.1 Å². The molecule has 6 nitrogen and oxygen atoms in total. The Kier molecular flexibility index (Phi) is 19.8.